The topological polar surface area (TPSA) is 160 Å². The molecule has 0 saturated heterocycles. The largest absolute Gasteiger partial charge is 0.494 e. The van der Waals surface area contributed by atoms with Gasteiger partial charge < -0.3 is 25.8 Å². The molecule has 0 aliphatic carbocycles. The Bertz CT molecular complexity index is 1030. The zero-order valence-corrected chi connectivity index (χ0v) is 16.0. The summed E-state index contributed by atoms with van der Waals surface area (Å²) in [6.07, 6.45) is 3.46. The zero-order chi connectivity index (χ0) is 21.7. The molecule has 1 atom stereocenters. The van der Waals surface area contributed by atoms with Gasteiger partial charge in [-0.05, 0) is 36.6 Å². The van der Waals surface area contributed by atoms with Gasteiger partial charge in [-0.15, -0.1) is 0 Å². The Hall–Kier alpha value is -3.95. The molecular weight excluding hydrogens is 390 g/mol. The third-order valence-corrected chi connectivity index (χ3v) is 4.65. The first kappa shape index (κ1) is 20.8. The Labute approximate surface area is 171 Å². The van der Waals surface area contributed by atoms with Crippen molar-refractivity contribution >= 4 is 17.8 Å². The Morgan fingerprint density at radius 1 is 1.13 bits per heavy atom. The number of nitrogens with one attached hydrogen (secondary N) is 1. The van der Waals surface area contributed by atoms with Crippen molar-refractivity contribution in [2.24, 2.45) is 5.73 Å². The summed E-state index contributed by atoms with van der Waals surface area (Å²) in [5, 5.41) is 21.9. The fourth-order valence-corrected chi connectivity index (χ4v) is 2.96. The van der Waals surface area contributed by atoms with E-state index in [0.29, 0.717) is 29.9 Å². The predicted octanol–water partition coefficient (Wildman–Crippen LogP) is 0.780. The van der Waals surface area contributed by atoms with Crippen LogP contribution in [0.5, 0.6) is 5.88 Å². The number of carbonyl (C=O) groups is 3. The van der Waals surface area contributed by atoms with E-state index in [9.17, 15) is 24.6 Å². The Morgan fingerprint density at radius 2 is 1.87 bits per heavy atom. The van der Waals surface area contributed by atoms with Gasteiger partial charge in [-0.2, -0.15) is 0 Å². The quantitative estimate of drug-likeness (QED) is 0.404. The monoisotopic (exact) mass is 411 g/mol. The average Bonchev–Trinajstić information content (AvgIpc) is 3.20. The molecule has 0 saturated carbocycles. The predicted molar refractivity (Wildman–Crippen MR) is 106 cm³/mol. The highest BCUT2D eigenvalue weighted by molar-refractivity contribution is 5.96. The third kappa shape index (κ3) is 4.90. The number of aliphatic carboxylic acids is 1. The van der Waals surface area contributed by atoms with E-state index < -0.39 is 23.8 Å². The van der Waals surface area contributed by atoms with Gasteiger partial charge in [0.05, 0.1) is 11.9 Å². The number of amides is 2. The number of carboxylic acids is 1. The molecule has 0 radical (unpaired) electrons. The van der Waals surface area contributed by atoms with Crippen LogP contribution >= 0.6 is 0 Å². The molecule has 2 amide bonds. The summed E-state index contributed by atoms with van der Waals surface area (Å²) in [5.41, 5.74) is 6.83. The summed E-state index contributed by atoms with van der Waals surface area (Å²) in [7, 11) is 0. The first-order chi connectivity index (χ1) is 14.3. The van der Waals surface area contributed by atoms with Crippen molar-refractivity contribution in [3.05, 3.63) is 54.0 Å². The second-order valence-corrected chi connectivity index (χ2v) is 6.76. The molecule has 0 aromatic heterocycles. The molecule has 1 aromatic rings. The van der Waals surface area contributed by atoms with Gasteiger partial charge in [0.15, 0.2) is 5.82 Å². The number of benzene rings is 1. The number of aromatic hydroxyl groups is 1. The number of hydrogen-bond donors (Lipinski definition) is 4. The molecule has 3 rings (SSSR count). The van der Waals surface area contributed by atoms with E-state index in [2.05, 4.69) is 15.3 Å². The molecular formula is C20H21N5O5. The first-order valence-corrected chi connectivity index (χ1v) is 9.25. The fourth-order valence-electron chi connectivity index (χ4n) is 2.96. The number of rotatable bonds is 9. The van der Waals surface area contributed by atoms with Crippen molar-refractivity contribution in [2.45, 2.75) is 31.8 Å². The van der Waals surface area contributed by atoms with E-state index >= 15 is 0 Å². The molecule has 30 heavy (non-hydrogen) atoms. The number of carbonyl (C=O) groups excluding carboxylic acids is 2. The maximum absolute atomic E-state index is 12.3. The van der Waals surface area contributed by atoms with E-state index in [4.69, 9.17) is 5.73 Å². The van der Waals surface area contributed by atoms with Gasteiger partial charge in [0, 0.05) is 24.7 Å². The Kier molecular flexibility index (Phi) is 6.26. The van der Waals surface area contributed by atoms with Crippen molar-refractivity contribution in [3.63, 3.8) is 0 Å². The van der Waals surface area contributed by atoms with Crippen molar-refractivity contribution in [2.75, 3.05) is 0 Å². The number of aryl methyl sites for hydroxylation is 2. The van der Waals surface area contributed by atoms with Gasteiger partial charge in [-0.25, -0.2) is 14.8 Å². The van der Waals surface area contributed by atoms with Gasteiger partial charge in [-0.1, -0.05) is 12.1 Å². The van der Waals surface area contributed by atoms with Crippen molar-refractivity contribution in [1.29, 1.82) is 0 Å². The van der Waals surface area contributed by atoms with Gasteiger partial charge in [0.25, 0.3) is 5.91 Å². The number of aromatic nitrogens is 3. The molecule has 2 heterocycles. The van der Waals surface area contributed by atoms with Crippen molar-refractivity contribution in [1.82, 2.24) is 19.9 Å². The highest BCUT2D eigenvalue weighted by Crippen LogP contribution is 2.27. The number of nitrogens with zero attached hydrogens (tertiary/aromatic N) is 3. The fraction of sp³-hybridized carbons (Fsp3) is 0.250. The average molecular weight is 411 g/mol. The van der Waals surface area contributed by atoms with Gasteiger partial charge in [0.1, 0.15) is 6.04 Å². The lowest BCUT2D eigenvalue weighted by molar-refractivity contribution is -0.139. The third-order valence-electron chi connectivity index (χ3n) is 4.65. The van der Waals surface area contributed by atoms with Crippen LogP contribution in [0.3, 0.4) is 0 Å². The second-order valence-electron chi connectivity index (χ2n) is 6.76. The first-order valence-electron chi connectivity index (χ1n) is 9.25. The van der Waals surface area contributed by atoms with Crippen LogP contribution in [-0.4, -0.2) is 48.6 Å². The summed E-state index contributed by atoms with van der Waals surface area (Å²) < 4.78 is 1.61. The molecule has 5 N–H and O–H groups in total. The molecule has 156 valence electrons. The highest BCUT2D eigenvalue weighted by atomic mass is 16.4. The van der Waals surface area contributed by atoms with Crippen LogP contribution in [0.4, 0.5) is 0 Å². The minimum Gasteiger partial charge on any atom is -0.494 e. The minimum absolute atomic E-state index is 0.0769. The molecule has 0 fully saturated rings. The van der Waals surface area contributed by atoms with E-state index in [1.165, 1.54) is 6.33 Å². The van der Waals surface area contributed by atoms with Crippen LogP contribution in [0.15, 0.2) is 42.9 Å². The smallest absolute Gasteiger partial charge is 0.326 e. The molecule has 0 spiro atoms. The van der Waals surface area contributed by atoms with Crippen LogP contribution in [0.25, 0.3) is 11.4 Å². The van der Waals surface area contributed by atoms with Crippen LogP contribution in [0.1, 0.15) is 28.8 Å². The summed E-state index contributed by atoms with van der Waals surface area (Å²) in [6, 6.07) is 7.17. The maximum atomic E-state index is 12.3. The molecule has 0 bridgehead atoms. The molecule has 1 aromatic carbocycles. The summed E-state index contributed by atoms with van der Waals surface area (Å²) in [5.74, 6) is -1.85. The molecule has 0 unspecified atom stereocenters. The standard InChI is InChI=1S/C20H21N5O5/c21-16(26)6-5-15(20(29)30)24-18(27)13-3-1-12(2-4-13)8-10-25-11-23-17-14(19(25)28)7-9-22-17/h1-4,7,9,11,15,28H,5-6,8,10H2,(H2,21,26)(H,24,27)(H,29,30)/t15-/m0/s1. The summed E-state index contributed by atoms with van der Waals surface area (Å²) in [6.45, 7) is 0.472. The molecule has 2 aliphatic rings. The summed E-state index contributed by atoms with van der Waals surface area (Å²) in [4.78, 5) is 42.6. The molecule has 2 aliphatic heterocycles. The number of nitrogens with two attached hydrogens (primary N) is 1. The highest BCUT2D eigenvalue weighted by Gasteiger charge is 2.21. The maximum Gasteiger partial charge on any atom is 0.326 e. The zero-order valence-electron chi connectivity index (χ0n) is 16.0. The Balaban J connectivity index is 1.60. The van der Waals surface area contributed by atoms with Crippen LogP contribution in [0, 0.1) is 0 Å². The lowest BCUT2D eigenvalue weighted by atomic mass is 10.1. The summed E-state index contributed by atoms with van der Waals surface area (Å²) >= 11 is 0. The van der Waals surface area contributed by atoms with E-state index in [1.807, 2.05) is 0 Å². The number of fused-ring (bicyclic) bond motifs is 1. The van der Waals surface area contributed by atoms with Crippen LogP contribution in [0.2, 0.25) is 0 Å². The van der Waals surface area contributed by atoms with Crippen LogP contribution in [-0.2, 0) is 22.6 Å². The van der Waals surface area contributed by atoms with Gasteiger partial charge in [-0.3, -0.25) is 9.59 Å². The van der Waals surface area contributed by atoms with Crippen LogP contribution < -0.4 is 11.1 Å². The molecule has 10 nitrogen and oxygen atoms in total. The van der Waals surface area contributed by atoms with Gasteiger partial charge in [0.2, 0.25) is 11.8 Å². The second kappa shape index (κ2) is 9.03. The lowest BCUT2D eigenvalue weighted by Crippen LogP contribution is -2.41. The number of primary amides is 1. The lowest BCUT2D eigenvalue weighted by Gasteiger charge is -2.14. The SMILES string of the molecule is NC(=O)CC[C@H](NC(=O)c1ccc(CCn2cnc3nccc-3c2O)cc1)C(=O)O. The number of hydrogen-bond acceptors (Lipinski definition) is 6. The Morgan fingerprint density at radius 3 is 2.53 bits per heavy atom. The minimum atomic E-state index is -1.23. The number of carboxylic acid groups (broad SMARTS) is 1. The van der Waals surface area contributed by atoms with Crippen molar-refractivity contribution in [3.8, 4) is 17.3 Å². The van der Waals surface area contributed by atoms with Gasteiger partial charge >= 0.3 is 5.97 Å². The van der Waals surface area contributed by atoms with E-state index in [0.717, 1.165) is 5.56 Å². The van der Waals surface area contributed by atoms with Crippen molar-refractivity contribution < 1.29 is 24.6 Å². The molecule has 10 heteroatoms. The normalized spacial score (nSPS) is 11.9. The van der Waals surface area contributed by atoms with E-state index in [-0.39, 0.29) is 18.7 Å². The van der Waals surface area contributed by atoms with E-state index in [1.54, 1.807) is 41.1 Å².